The Labute approximate surface area is 194 Å². The molecule has 164 valence electrons. The minimum atomic E-state index is 0. The minimum Gasteiger partial charge on any atom is -0.379 e. The molecule has 2 aliphatic heterocycles. The van der Waals surface area contributed by atoms with Crippen molar-refractivity contribution in [3.05, 3.63) is 35.9 Å². The van der Waals surface area contributed by atoms with Crippen LogP contribution in [0.15, 0.2) is 35.3 Å². The molecule has 5 nitrogen and oxygen atoms in total. The summed E-state index contributed by atoms with van der Waals surface area (Å²) in [5.74, 6) is 1.80. The molecule has 0 aliphatic carbocycles. The molecule has 0 saturated carbocycles. The highest BCUT2D eigenvalue weighted by molar-refractivity contribution is 14.0. The Morgan fingerprint density at radius 1 is 1.21 bits per heavy atom. The van der Waals surface area contributed by atoms with E-state index in [1.807, 2.05) is 7.05 Å². The number of guanidine groups is 1. The lowest BCUT2D eigenvalue weighted by Gasteiger charge is -2.48. The lowest BCUT2D eigenvalue weighted by Crippen LogP contribution is -2.56. The summed E-state index contributed by atoms with van der Waals surface area (Å²) in [4.78, 5) is 9.74. The molecule has 2 atom stereocenters. The minimum absolute atomic E-state index is 0. The van der Waals surface area contributed by atoms with Gasteiger partial charge in [0, 0.05) is 45.9 Å². The van der Waals surface area contributed by atoms with Gasteiger partial charge in [0.2, 0.25) is 0 Å². The molecule has 0 amide bonds. The molecule has 3 rings (SSSR count). The summed E-state index contributed by atoms with van der Waals surface area (Å²) in [7, 11) is 1.90. The van der Waals surface area contributed by atoms with E-state index in [4.69, 9.17) is 4.74 Å². The van der Waals surface area contributed by atoms with Crippen molar-refractivity contribution in [2.75, 3.05) is 39.8 Å². The Hall–Kier alpha value is -0.860. The molecule has 0 radical (unpaired) electrons. The Morgan fingerprint density at radius 2 is 2.00 bits per heavy atom. The van der Waals surface area contributed by atoms with Crippen molar-refractivity contribution in [2.24, 2.45) is 10.9 Å². The largest absolute Gasteiger partial charge is 0.379 e. The van der Waals surface area contributed by atoms with Crippen molar-refractivity contribution in [3.8, 4) is 0 Å². The molecule has 2 saturated heterocycles. The monoisotopic (exact) mass is 514 g/mol. The zero-order chi connectivity index (χ0) is 19.8. The normalized spacial score (nSPS) is 22.9. The summed E-state index contributed by atoms with van der Waals surface area (Å²) in [6.45, 7) is 10.4. The Balaban J connectivity index is 0.00000300. The summed E-state index contributed by atoms with van der Waals surface area (Å²) < 4.78 is 5.64. The van der Waals surface area contributed by atoms with Crippen LogP contribution in [0.2, 0.25) is 0 Å². The number of piperidine rings is 2. The summed E-state index contributed by atoms with van der Waals surface area (Å²) in [6.07, 6.45) is 5.20. The average Bonchev–Trinajstić information content (AvgIpc) is 2.71. The SMILES string of the molecule is CN=C(NCCCOC(C)C)N1CCC2C(CCCN2Cc2ccccc2)C1.I. The number of fused-ring (bicyclic) bond motifs is 1. The highest BCUT2D eigenvalue weighted by Gasteiger charge is 2.36. The van der Waals surface area contributed by atoms with Crippen molar-refractivity contribution in [2.45, 2.75) is 58.2 Å². The number of ether oxygens (including phenoxy) is 1. The fourth-order valence-corrected chi connectivity index (χ4v) is 4.64. The number of rotatable bonds is 7. The van der Waals surface area contributed by atoms with Crippen molar-refractivity contribution >= 4 is 29.9 Å². The third kappa shape index (κ3) is 7.40. The van der Waals surface area contributed by atoms with E-state index >= 15 is 0 Å². The highest BCUT2D eigenvalue weighted by atomic mass is 127. The summed E-state index contributed by atoms with van der Waals surface area (Å²) in [5.41, 5.74) is 1.44. The van der Waals surface area contributed by atoms with Gasteiger partial charge in [-0.2, -0.15) is 0 Å². The van der Waals surface area contributed by atoms with Gasteiger partial charge in [-0.3, -0.25) is 9.89 Å². The van der Waals surface area contributed by atoms with Crippen molar-refractivity contribution in [1.82, 2.24) is 15.1 Å². The summed E-state index contributed by atoms with van der Waals surface area (Å²) >= 11 is 0. The second-order valence-corrected chi connectivity index (χ2v) is 8.41. The Morgan fingerprint density at radius 3 is 2.72 bits per heavy atom. The van der Waals surface area contributed by atoms with Gasteiger partial charge in [0.1, 0.15) is 0 Å². The van der Waals surface area contributed by atoms with E-state index in [-0.39, 0.29) is 24.0 Å². The lowest BCUT2D eigenvalue weighted by molar-refractivity contribution is 0.0371. The Bertz CT molecular complexity index is 610. The summed E-state index contributed by atoms with van der Waals surface area (Å²) in [6, 6.07) is 11.6. The third-order valence-electron chi connectivity index (χ3n) is 5.98. The van der Waals surface area contributed by atoms with Crippen LogP contribution in [0.1, 0.15) is 45.1 Å². The van der Waals surface area contributed by atoms with Gasteiger partial charge in [0.05, 0.1) is 6.10 Å². The number of nitrogens with zero attached hydrogens (tertiary/aromatic N) is 3. The van der Waals surface area contributed by atoms with Crippen LogP contribution in [0.3, 0.4) is 0 Å². The zero-order valence-corrected chi connectivity index (χ0v) is 20.7. The molecule has 0 bridgehead atoms. The van der Waals surface area contributed by atoms with Crippen molar-refractivity contribution in [3.63, 3.8) is 0 Å². The van der Waals surface area contributed by atoms with E-state index < -0.39 is 0 Å². The van der Waals surface area contributed by atoms with Gasteiger partial charge in [-0.1, -0.05) is 30.3 Å². The molecule has 2 aliphatic rings. The number of hydrogen-bond acceptors (Lipinski definition) is 3. The third-order valence-corrected chi connectivity index (χ3v) is 5.98. The van der Waals surface area contributed by atoms with E-state index in [2.05, 4.69) is 64.3 Å². The molecule has 1 aromatic carbocycles. The standard InChI is InChI=1S/C23H38N4O.HI/c1-19(2)28-16-8-13-25-23(24-3)27-15-12-22-21(18-27)11-7-14-26(22)17-20-9-5-4-6-10-20;/h4-6,9-10,19,21-22H,7-8,11-18H2,1-3H3,(H,24,25);1H. The molecule has 6 heteroatoms. The van der Waals surface area contributed by atoms with Gasteiger partial charge in [-0.15, -0.1) is 24.0 Å². The van der Waals surface area contributed by atoms with Gasteiger partial charge in [-0.25, -0.2) is 0 Å². The second-order valence-electron chi connectivity index (χ2n) is 8.41. The van der Waals surface area contributed by atoms with Gasteiger partial charge >= 0.3 is 0 Å². The first-order chi connectivity index (χ1) is 13.7. The van der Waals surface area contributed by atoms with Gasteiger partial charge in [-0.05, 0) is 57.6 Å². The summed E-state index contributed by atoms with van der Waals surface area (Å²) in [5, 5.41) is 3.54. The van der Waals surface area contributed by atoms with E-state index in [1.54, 1.807) is 0 Å². The molecule has 29 heavy (non-hydrogen) atoms. The maximum Gasteiger partial charge on any atom is 0.193 e. The predicted octanol–water partition coefficient (Wildman–Crippen LogP) is 3.98. The number of nitrogens with one attached hydrogen (secondary N) is 1. The fourth-order valence-electron chi connectivity index (χ4n) is 4.64. The second kappa shape index (κ2) is 12.7. The Kier molecular flexibility index (Phi) is 10.7. The van der Waals surface area contributed by atoms with Crippen LogP contribution in [0.4, 0.5) is 0 Å². The topological polar surface area (TPSA) is 40.1 Å². The smallest absolute Gasteiger partial charge is 0.193 e. The maximum atomic E-state index is 5.64. The number of likely N-dealkylation sites (tertiary alicyclic amines) is 2. The lowest BCUT2D eigenvalue weighted by atomic mass is 9.83. The molecule has 0 spiro atoms. The van der Waals surface area contributed by atoms with Crippen LogP contribution in [-0.4, -0.2) is 67.7 Å². The fraction of sp³-hybridized carbons (Fsp3) is 0.696. The molecule has 2 unspecified atom stereocenters. The molecule has 0 aromatic heterocycles. The molecule has 1 N–H and O–H groups in total. The number of benzene rings is 1. The quantitative estimate of drug-likeness (QED) is 0.259. The first-order valence-corrected chi connectivity index (χ1v) is 11.0. The predicted molar refractivity (Wildman–Crippen MR) is 132 cm³/mol. The molecule has 1 aromatic rings. The van der Waals surface area contributed by atoms with E-state index in [1.165, 1.54) is 31.4 Å². The van der Waals surface area contributed by atoms with Crippen LogP contribution >= 0.6 is 24.0 Å². The van der Waals surface area contributed by atoms with Gasteiger partial charge < -0.3 is 15.0 Å². The van der Waals surface area contributed by atoms with E-state index in [9.17, 15) is 0 Å². The molecular formula is C23H39IN4O. The van der Waals surface area contributed by atoms with Crippen LogP contribution < -0.4 is 5.32 Å². The van der Waals surface area contributed by atoms with Crippen molar-refractivity contribution in [1.29, 1.82) is 0 Å². The first kappa shape index (κ1) is 24.4. The highest BCUT2D eigenvalue weighted by Crippen LogP contribution is 2.31. The molecule has 2 heterocycles. The molecule has 2 fully saturated rings. The van der Waals surface area contributed by atoms with Crippen LogP contribution in [0.25, 0.3) is 0 Å². The first-order valence-electron chi connectivity index (χ1n) is 11.0. The number of aliphatic imine (C=N–C) groups is 1. The van der Waals surface area contributed by atoms with Crippen LogP contribution in [-0.2, 0) is 11.3 Å². The zero-order valence-electron chi connectivity index (χ0n) is 18.3. The van der Waals surface area contributed by atoms with E-state index in [0.717, 1.165) is 51.1 Å². The van der Waals surface area contributed by atoms with Crippen LogP contribution in [0.5, 0.6) is 0 Å². The van der Waals surface area contributed by atoms with Crippen molar-refractivity contribution < 1.29 is 4.74 Å². The van der Waals surface area contributed by atoms with Crippen LogP contribution in [0, 0.1) is 5.92 Å². The number of halogens is 1. The molecular weight excluding hydrogens is 475 g/mol. The average molecular weight is 514 g/mol. The van der Waals surface area contributed by atoms with Gasteiger partial charge in [0.15, 0.2) is 5.96 Å². The number of hydrogen-bond donors (Lipinski definition) is 1. The van der Waals surface area contributed by atoms with Gasteiger partial charge in [0.25, 0.3) is 0 Å². The van der Waals surface area contributed by atoms with E-state index in [0.29, 0.717) is 12.1 Å². The maximum absolute atomic E-state index is 5.64.